The second-order valence-corrected chi connectivity index (χ2v) is 9.37. The first-order valence-electron chi connectivity index (χ1n) is 12.0. The summed E-state index contributed by atoms with van der Waals surface area (Å²) < 4.78 is 44.3. The van der Waals surface area contributed by atoms with E-state index in [4.69, 9.17) is 11.5 Å². The SMILES string of the molecule is NC(=O)c1cccc2cn(-c3ccc(NC(=O)C4CCCC5C(OC(=O)C(F)(F)F)C(N)C(=O)N45)cc3)nc12. The van der Waals surface area contributed by atoms with Gasteiger partial charge >= 0.3 is 12.1 Å². The molecule has 0 saturated carbocycles. The highest BCUT2D eigenvalue weighted by Gasteiger charge is 2.55. The Morgan fingerprint density at radius 3 is 2.46 bits per heavy atom. The number of primary amides is 1. The zero-order chi connectivity index (χ0) is 28.1. The lowest BCUT2D eigenvalue weighted by molar-refractivity contribution is -0.206. The summed E-state index contributed by atoms with van der Waals surface area (Å²) in [5.41, 5.74) is 13.0. The Labute approximate surface area is 218 Å². The van der Waals surface area contributed by atoms with Crippen molar-refractivity contribution in [2.24, 2.45) is 11.5 Å². The quantitative estimate of drug-likeness (QED) is 0.411. The number of esters is 1. The number of amides is 3. The van der Waals surface area contributed by atoms with Crippen LogP contribution in [-0.4, -0.2) is 68.8 Å². The van der Waals surface area contributed by atoms with E-state index in [0.717, 1.165) is 4.90 Å². The zero-order valence-corrected chi connectivity index (χ0v) is 20.2. The summed E-state index contributed by atoms with van der Waals surface area (Å²) >= 11 is 0. The second-order valence-electron chi connectivity index (χ2n) is 9.37. The molecule has 5 N–H and O–H groups in total. The number of fused-ring (bicyclic) bond motifs is 2. The molecule has 0 bridgehead atoms. The van der Waals surface area contributed by atoms with Crippen molar-refractivity contribution in [2.75, 3.05) is 5.32 Å². The number of carbonyl (C=O) groups excluding carboxylic acids is 4. The molecular weight excluding hydrogens is 521 g/mol. The minimum absolute atomic E-state index is 0.239. The van der Waals surface area contributed by atoms with E-state index in [9.17, 15) is 32.3 Å². The molecule has 4 atom stereocenters. The van der Waals surface area contributed by atoms with Gasteiger partial charge in [-0.25, -0.2) is 9.48 Å². The molecule has 204 valence electrons. The van der Waals surface area contributed by atoms with E-state index in [-0.39, 0.29) is 18.4 Å². The molecule has 1 aromatic heterocycles. The van der Waals surface area contributed by atoms with Gasteiger partial charge in [-0.3, -0.25) is 14.4 Å². The van der Waals surface area contributed by atoms with Crippen molar-refractivity contribution >= 4 is 40.3 Å². The van der Waals surface area contributed by atoms with Gasteiger partial charge in [-0.05, 0) is 49.6 Å². The first kappa shape index (κ1) is 26.2. The number of hydrogen-bond acceptors (Lipinski definition) is 7. The number of rotatable bonds is 5. The van der Waals surface area contributed by atoms with Gasteiger partial charge in [0.05, 0.1) is 17.3 Å². The van der Waals surface area contributed by atoms with Crippen molar-refractivity contribution < 1.29 is 37.1 Å². The van der Waals surface area contributed by atoms with Crippen molar-refractivity contribution in [3.05, 3.63) is 54.2 Å². The van der Waals surface area contributed by atoms with Crippen LogP contribution in [-0.2, 0) is 19.1 Å². The molecular formula is C25H23F3N6O5. The van der Waals surface area contributed by atoms with Crippen molar-refractivity contribution in [1.82, 2.24) is 14.7 Å². The standard InChI is InChI=1S/C25H23F3N6O5/c26-25(27,28)24(38)39-20-16-5-2-6-17(34(16)23(37)18(20)29)22(36)31-13-7-9-14(10-8-13)33-11-12-3-1-4-15(21(30)35)19(12)32-33/h1,3-4,7-11,16-18,20H,2,5-6,29H2,(H2,30,35)(H,31,36). The number of alkyl halides is 3. The van der Waals surface area contributed by atoms with Crippen LogP contribution in [0, 0.1) is 0 Å². The minimum Gasteiger partial charge on any atom is -0.451 e. The van der Waals surface area contributed by atoms with Crippen molar-refractivity contribution in [1.29, 1.82) is 0 Å². The Hall–Kier alpha value is -4.46. The van der Waals surface area contributed by atoms with Crippen LogP contribution >= 0.6 is 0 Å². The molecule has 3 heterocycles. The van der Waals surface area contributed by atoms with Crippen LogP contribution in [0.15, 0.2) is 48.7 Å². The Bertz CT molecular complexity index is 1470. The smallest absolute Gasteiger partial charge is 0.451 e. The van der Waals surface area contributed by atoms with Gasteiger partial charge in [0.15, 0.2) is 0 Å². The Morgan fingerprint density at radius 2 is 1.79 bits per heavy atom. The van der Waals surface area contributed by atoms with E-state index in [1.54, 1.807) is 53.3 Å². The predicted molar refractivity (Wildman–Crippen MR) is 130 cm³/mol. The van der Waals surface area contributed by atoms with Crippen LogP contribution in [0.1, 0.15) is 29.6 Å². The summed E-state index contributed by atoms with van der Waals surface area (Å²) in [4.78, 5) is 50.1. The molecule has 0 radical (unpaired) electrons. The topological polar surface area (TPSA) is 163 Å². The molecule has 3 aromatic rings. The van der Waals surface area contributed by atoms with Crippen LogP contribution in [0.25, 0.3) is 16.6 Å². The van der Waals surface area contributed by atoms with E-state index in [1.165, 1.54) is 0 Å². The second kappa shape index (κ2) is 9.69. The van der Waals surface area contributed by atoms with Gasteiger partial charge in [0.1, 0.15) is 23.7 Å². The predicted octanol–water partition coefficient (Wildman–Crippen LogP) is 1.63. The largest absolute Gasteiger partial charge is 0.490 e. The average Bonchev–Trinajstić information content (AvgIpc) is 3.43. The number of nitrogens with zero attached hydrogens (tertiary/aromatic N) is 3. The molecule has 0 spiro atoms. The number of nitrogens with two attached hydrogens (primary N) is 2. The molecule has 2 fully saturated rings. The van der Waals surface area contributed by atoms with E-state index >= 15 is 0 Å². The van der Waals surface area contributed by atoms with E-state index < -0.39 is 54.1 Å². The highest BCUT2D eigenvalue weighted by molar-refractivity contribution is 6.04. The number of anilines is 1. The monoisotopic (exact) mass is 544 g/mol. The van der Waals surface area contributed by atoms with Crippen LogP contribution in [0.2, 0.25) is 0 Å². The number of nitrogens with one attached hydrogen (secondary N) is 1. The number of carbonyl (C=O) groups is 4. The molecule has 2 aromatic carbocycles. The molecule has 0 aliphatic carbocycles. The molecule has 2 aliphatic heterocycles. The van der Waals surface area contributed by atoms with Crippen LogP contribution < -0.4 is 16.8 Å². The maximum atomic E-state index is 13.1. The molecule has 2 aliphatic rings. The summed E-state index contributed by atoms with van der Waals surface area (Å²) in [6.45, 7) is 0. The summed E-state index contributed by atoms with van der Waals surface area (Å²) in [6, 6.07) is 8.20. The molecule has 5 rings (SSSR count). The number of piperidine rings is 1. The van der Waals surface area contributed by atoms with Crippen molar-refractivity contribution in [3.63, 3.8) is 0 Å². The molecule has 39 heavy (non-hydrogen) atoms. The number of hydrogen-bond donors (Lipinski definition) is 3. The number of halogens is 3. The van der Waals surface area contributed by atoms with Gasteiger partial charge in [-0.2, -0.15) is 18.3 Å². The first-order valence-corrected chi connectivity index (χ1v) is 12.0. The molecule has 2 saturated heterocycles. The van der Waals surface area contributed by atoms with Gasteiger partial charge in [0, 0.05) is 17.3 Å². The normalized spacial score (nSPS) is 23.0. The summed E-state index contributed by atoms with van der Waals surface area (Å²) in [5, 5.41) is 7.86. The van der Waals surface area contributed by atoms with Gasteiger partial charge in [-0.1, -0.05) is 12.1 Å². The van der Waals surface area contributed by atoms with E-state index in [2.05, 4.69) is 15.2 Å². The fourth-order valence-electron chi connectivity index (χ4n) is 5.12. The third kappa shape index (κ3) is 4.78. The molecule has 3 amide bonds. The van der Waals surface area contributed by atoms with E-state index in [1.807, 2.05) is 0 Å². The Morgan fingerprint density at radius 1 is 1.08 bits per heavy atom. The van der Waals surface area contributed by atoms with Gasteiger partial charge in [0.2, 0.25) is 11.8 Å². The minimum atomic E-state index is -5.24. The van der Waals surface area contributed by atoms with Gasteiger partial charge < -0.3 is 26.4 Å². The number of aromatic nitrogens is 2. The van der Waals surface area contributed by atoms with Crippen LogP contribution in [0.4, 0.5) is 18.9 Å². The third-order valence-corrected chi connectivity index (χ3v) is 6.92. The lowest BCUT2D eigenvalue weighted by atomic mass is 9.94. The molecule has 4 unspecified atom stereocenters. The van der Waals surface area contributed by atoms with Crippen molar-refractivity contribution in [3.8, 4) is 5.69 Å². The summed E-state index contributed by atoms with van der Waals surface area (Å²) in [7, 11) is 0. The van der Waals surface area contributed by atoms with Crippen molar-refractivity contribution in [2.45, 2.75) is 49.7 Å². The van der Waals surface area contributed by atoms with Crippen LogP contribution in [0.5, 0.6) is 0 Å². The van der Waals surface area contributed by atoms with Gasteiger partial charge in [0.25, 0.3) is 5.91 Å². The van der Waals surface area contributed by atoms with Crippen LogP contribution in [0.3, 0.4) is 0 Å². The Kier molecular flexibility index (Phi) is 6.50. The lowest BCUT2D eigenvalue weighted by Gasteiger charge is -2.37. The third-order valence-electron chi connectivity index (χ3n) is 6.92. The number of benzene rings is 2. The summed E-state index contributed by atoms with van der Waals surface area (Å²) in [5.74, 6) is -4.33. The fraction of sp³-hybridized carbons (Fsp3) is 0.320. The Balaban J connectivity index is 1.31. The highest BCUT2D eigenvalue weighted by atomic mass is 19.4. The maximum absolute atomic E-state index is 13.1. The van der Waals surface area contributed by atoms with E-state index in [0.29, 0.717) is 28.7 Å². The number of ether oxygens (including phenoxy) is 1. The molecule has 11 nitrogen and oxygen atoms in total. The van der Waals surface area contributed by atoms with Gasteiger partial charge in [-0.15, -0.1) is 0 Å². The maximum Gasteiger partial charge on any atom is 0.490 e. The first-order chi connectivity index (χ1) is 18.5. The highest BCUT2D eigenvalue weighted by Crippen LogP contribution is 2.35. The molecule has 14 heteroatoms. The average molecular weight is 544 g/mol. The zero-order valence-electron chi connectivity index (χ0n) is 20.2. The fourth-order valence-corrected chi connectivity index (χ4v) is 5.12. The lowest BCUT2D eigenvalue weighted by Crippen LogP contribution is -2.53. The summed E-state index contributed by atoms with van der Waals surface area (Å²) in [6.07, 6.45) is -4.10.